The summed E-state index contributed by atoms with van der Waals surface area (Å²) in [6, 6.07) is 5.89. The van der Waals surface area contributed by atoms with Crippen LogP contribution in [0.1, 0.15) is 19.4 Å². The van der Waals surface area contributed by atoms with Crippen LogP contribution >= 0.6 is 35.0 Å². The molecule has 2 N–H and O–H groups in total. The van der Waals surface area contributed by atoms with Crippen molar-refractivity contribution in [3.8, 4) is 0 Å². The molecule has 0 aliphatic rings. The first-order chi connectivity index (χ1) is 7.99. The van der Waals surface area contributed by atoms with Crippen molar-refractivity contribution < 1.29 is 0 Å². The van der Waals surface area contributed by atoms with E-state index in [0.717, 1.165) is 29.4 Å². The van der Waals surface area contributed by atoms with Crippen LogP contribution in [0.5, 0.6) is 0 Å². The van der Waals surface area contributed by atoms with E-state index in [1.165, 1.54) is 0 Å². The summed E-state index contributed by atoms with van der Waals surface area (Å²) in [4.78, 5) is 0. The average molecular weight is 292 g/mol. The third kappa shape index (κ3) is 6.01. The number of halogens is 2. The van der Waals surface area contributed by atoms with Crippen molar-refractivity contribution in [2.75, 3.05) is 11.5 Å². The first-order valence-corrected chi connectivity index (χ1v) is 7.67. The Morgan fingerprint density at radius 1 is 1.18 bits per heavy atom. The van der Waals surface area contributed by atoms with Gasteiger partial charge in [0, 0.05) is 11.8 Å². The molecule has 1 nitrogen and oxygen atoms in total. The zero-order valence-electron chi connectivity index (χ0n) is 10.2. The number of hydrogen-bond donors (Lipinski definition) is 1. The Hall–Kier alpha value is 0.110. The van der Waals surface area contributed by atoms with E-state index in [-0.39, 0.29) is 6.04 Å². The highest BCUT2D eigenvalue weighted by molar-refractivity contribution is 7.99. The number of benzene rings is 1. The van der Waals surface area contributed by atoms with Crippen LogP contribution in [0.3, 0.4) is 0 Å². The Kier molecular flexibility index (Phi) is 6.71. The Morgan fingerprint density at radius 2 is 1.88 bits per heavy atom. The Balaban J connectivity index is 2.39. The molecule has 0 aliphatic carbocycles. The van der Waals surface area contributed by atoms with Gasteiger partial charge in [0.25, 0.3) is 0 Å². The van der Waals surface area contributed by atoms with Crippen molar-refractivity contribution in [1.82, 2.24) is 0 Å². The van der Waals surface area contributed by atoms with Crippen LogP contribution in [-0.4, -0.2) is 17.5 Å². The smallest absolute Gasteiger partial charge is 0.0595 e. The first kappa shape index (κ1) is 15.2. The standard InChI is InChI=1S/C13H19Cl2NS/c1-9(2)7-17-8-11(16)5-10-3-4-12(14)13(15)6-10/h3-4,6,9,11H,5,7-8,16H2,1-2H3. The molecule has 17 heavy (non-hydrogen) atoms. The summed E-state index contributed by atoms with van der Waals surface area (Å²) in [5.74, 6) is 2.87. The molecule has 0 amide bonds. The van der Waals surface area contributed by atoms with Crippen molar-refractivity contribution in [1.29, 1.82) is 0 Å². The van der Waals surface area contributed by atoms with Gasteiger partial charge >= 0.3 is 0 Å². The highest BCUT2D eigenvalue weighted by atomic mass is 35.5. The molecule has 0 radical (unpaired) electrons. The van der Waals surface area contributed by atoms with Gasteiger partial charge in [0.05, 0.1) is 10.0 Å². The average Bonchev–Trinajstić information content (AvgIpc) is 2.23. The molecule has 0 aromatic heterocycles. The highest BCUT2D eigenvalue weighted by Gasteiger charge is 2.07. The van der Waals surface area contributed by atoms with Gasteiger partial charge in [0.15, 0.2) is 0 Å². The predicted octanol–water partition coefficient (Wildman–Crippen LogP) is 4.25. The molecule has 0 heterocycles. The van der Waals surface area contributed by atoms with Crippen molar-refractivity contribution in [3.63, 3.8) is 0 Å². The minimum atomic E-state index is 0.177. The monoisotopic (exact) mass is 291 g/mol. The van der Waals surface area contributed by atoms with Crippen LogP contribution in [0.25, 0.3) is 0 Å². The van der Waals surface area contributed by atoms with Crippen molar-refractivity contribution in [2.45, 2.75) is 26.3 Å². The summed E-state index contributed by atoms with van der Waals surface area (Å²) in [6.07, 6.45) is 0.849. The summed E-state index contributed by atoms with van der Waals surface area (Å²) in [7, 11) is 0. The zero-order valence-corrected chi connectivity index (χ0v) is 12.6. The van der Waals surface area contributed by atoms with E-state index in [1.54, 1.807) is 0 Å². The fourth-order valence-electron chi connectivity index (χ4n) is 1.48. The van der Waals surface area contributed by atoms with E-state index in [4.69, 9.17) is 28.9 Å². The van der Waals surface area contributed by atoms with E-state index in [2.05, 4.69) is 13.8 Å². The lowest BCUT2D eigenvalue weighted by Crippen LogP contribution is -2.26. The molecule has 0 saturated carbocycles. The summed E-state index contributed by atoms with van der Waals surface area (Å²) < 4.78 is 0. The first-order valence-electron chi connectivity index (χ1n) is 5.76. The highest BCUT2D eigenvalue weighted by Crippen LogP contribution is 2.23. The van der Waals surface area contributed by atoms with Crippen molar-refractivity contribution >= 4 is 35.0 Å². The van der Waals surface area contributed by atoms with Gasteiger partial charge in [-0.25, -0.2) is 0 Å². The summed E-state index contributed by atoms with van der Waals surface area (Å²) in [5, 5.41) is 1.20. The fraction of sp³-hybridized carbons (Fsp3) is 0.538. The lowest BCUT2D eigenvalue weighted by atomic mass is 10.1. The molecule has 1 rings (SSSR count). The lowest BCUT2D eigenvalue weighted by molar-refractivity contribution is 0.731. The summed E-state index contributed by atoms with van der Waals surface area (Å²) in [5.41, 5.74) is 7.23. The second kappa shape index (κ2) is 7.52. The van der Waals surface area contributed by atoms with E-state index in [1.807, 2.05) is 30.0 Å². The van der Waals surface area contributed by atoms with Crippen molar-refractivity contribution in [2.24, 2.45) is 11.7 Å². The van der Waals surface area contributed by atoms with Gasteiger partial charge in [-0.1, -0.05) is 43.1 Å². The minimum absolute atomic E-state index is 0.177. The molecule has 1 aromatic rings. The van der Waals surface area contributed by atoms with Gasteiger partial charge < -0.3 is 5.73 Å². The molecule has 1 unspecified atom stereocenters. The maximum atomic E-state index is 6.08. The maximum Gasteiger partial charge on any atom is 0.0595 e. The molecule has 4 heteroatoms. The Morgan fingerprint density at radius 3 is 2.47 bits per heavy atom. The fourth-order valence-corrected chi connectivity index (χ4v) is 2.83. The number of thioether (sulfide) groups is 1. The predicted molar refractivity (Wildman–Crippen MR) is 80.3 cm³/mol. The van der Waals surface area contributed by atoms with Crippen LogP contribution < -0.4 is 5.73 Å². The van der Waals surface area contributed by atoms with Crippen LogP contribution in [0.15, 0.2) is 18.2 Å². The van der Waals surface area contributed by atoms with Gasteiger partial charge in [0.2, 0.25) is 0 Å². The third-order valence-corrected chi connectivity index (χ3v) is 4.57. The van der Waals surface area contributed by atoms with Crippen molar-refractivity contribution in [3.05, 3.63) is 33.8 Å². The molecule has 0 fully saturated rings. The van der Waals surface area contributed by atoms with Crippen LogP contribution in [0.4, 0.5) is 0 Å². The van der Waals surface area contributed by atoms with E-state index >= 15 is 0 Å². The van der Waals surface area contributed by atoms with E-state index < -0.39 is 0 Å². The second-order valence-corrected chi connectivity index (χ2v) is 6.53. The van der Waals surface area contributed by atoms with Crippen LogP contribution in [-0.2, 0) is 6.42 Å². The van der Waals surface area contributed by atoms with Gasteiger partial charge in [-0.05, 0) is 35.8 Å². The largest absolute Gasteiger partial charge is 0.327 e. The van der Waals surface area contributed by atoms with Crippen LogP contribution in [0, 0.1) is 5.92 Å². The Bertz CT molecular complexity index is 355. The molecule has 1 atom stereocenters. The summed E-state index contributed by atoms with van der Waals surface area (Å²) in [6.45, 7) is 4.44. The molecular weight excluding hydrogens is 273 g/mol. The molecular formula is C13H19Cl2NS. The second-order valence-electron chi connectivity index (χ2n) is 4.64. The van der Waals surface area contributed by atoms with Crippen LogP contribution in [0.2, 0.25) is 10.0 Å². The SMILES string of the molecule is CC(C)CSCC(N)Cc1ccc(Cl)c(Cl)c1. The van der Waals surface area contributed by atoms with Gasteiger partial charge in [-0.3, -0.25) is 0 Å². The third-order valence-electron chi connectivity index (χ3n) is 2.27. The molecule has 0 spiro atoms. The van der Waals surface area contributed by atoms with Gasteiger partial charge in [-0.2, -0.15) is 11.8 Å². The molecule has 1 aromatic carbocycles. The zero-order chi connectivity index (χ0) is 12.8. The lowest BCUT2D eigenvalue weighted by Gasteiger charge is -2.12. The normalized spacial score (nSPS) is 13.1. The topological polar surface area (TPSA) is 26.0 Å². The van der Waals surface area contributed by atoms with E-state index in [9.17, 15) is 0 Å². The summed E-state index contributed by atoms with van der Waals surface area (Å²) >= 11 is 13.7. The maximum absolute atomic E-state index is 6.08. The molecule has 0 saturated heterocycles. The number of rotatable bonds is 6. The minimum Gasteiger partial charge on any atom is -0.327 e. The molecule has 96 valence electrons. The number of nitrogens with two attached hydrogens (primary N) is 1. The van der Waals surface area contributed by atoms with Gasteiger partial charge in [0.1, 0.15) is 0 Å². The quantitative estimate of drug-likeness (QED) is 0.848. The van der Waals surface area contributed by atoms with E-state index in [0.29, 0.717) is 10.0 Å². The Labute approximate surface area is 118 Å². The molecule has 0 aliphatic heterocycles. The van der Waals surface area contributed by atoms with Gasteiger partial charge in [-0.15, -0.1) is 0 Å². The number of hydrogen-bond acceptors (Lipinski definition) is 2. The molecule has 0 bridgehead atoms.